The predicted octanol–water partition coefficient (Wildman–Crippen LogP) is 4.14. The van der Waals surface area contributed by atoms with Gasteiger partial charge in [0, 0.05) is 30.6 Å². The van der Waals surface area contributed by atoms with Crippen molar-refractivity contribution in [3.63, 3.8) is 0 Å². The van der Waals surface area contributed by atoms with Crippen molar-refractivity contribution in [2.24, 2.45) is 0 Å². The fourth-order valence-electron chi connectivity index (χ4n) is 2.84. The zero-order valence-electron chi connectivity index (χ0n) is 15.6. The highest BCUT2D eigenvalue weighted by Crippen LogP contribution is 2.19. The summed E-state index contributed by atoms with van der Waals surface area (Å²) in [6.07, 6.45) is 1.21. The van der Waals surface area contributed by atoms with E-state index in [4.69, 9.17) is 0 Å². The fraction of sp³-hybridized carbons (Fsp3) is 0.381. The number of nitrogens with one attached hydrogen (secondary N) is 1. The van der Waals surface area contributed by atoms with Gasteiger partial charge in [-0.3, -0.25) is 4.79 Å². The molecule has 1 heterocycles. The van der Waals surface area contributed by atoms with Crippen molar-refractivity contribution >= 4 is 17.7 Å². The van der Waals surface area contributed by atoms with Crippen LogP contribution in [-0.2, 0) is 13.0 Å². The summed E-state index contributed by atoms with van der Waals surface area (Å²) in [5.41, 5.74) is 5.15. The van der Waals surface area contributed by atoms with E-state index in [1.165, 1.54) is 29.0 Å². The van der Waals surface area contributed by atoms with Gasteiger partial charge in [-0.15, -0.1) is 11.8 Å². The molecule has 4 heteroatoms. The smallest absolute Gasteiger partial charge is 0.251 e. The summed E-state index contributed by atoms with van der Waals surface area (Å²) in [6.45, 7) is 6.60. The van der Waals surface area contributed by atoms with E-state index >= 15 is 0 Å². The van der Waals surface area contributed by atoms with Crippen LogP contribution in [0.15, 0.2) is 47.4 Å². The summed E-state index contributed by atoms with van der Waals surface area (Å²) >= 11 is 1.77. The first-order valence-electron chi connectivity index (χ1n) is 8.75. The minimum Gasteiger partial charge on any atom is -0.355 e. The monoisotopic (exact) mass is 356 g/mol. The maximum atomic E-state index is 11.2. The van der Waals surface area contributed by atoms with Gasteiger partial charge in [-0.25, -0.2) is 0 Å². The van der Waals surface area contributed by atoms with E-state index in [1.54, 1.807) is 24.4 Å². The van der Waals surface area contributed by atoms with Crippen LogP contribution >= 0.6 is 11.8 Å². The largest absolute Gasteiger partial charge is 0.355 e. The van der Waals surface area contributed by atoms with Crippen LogP contribution in [0.5, 0.6) is 0 Å². The van der Waals surface area contributed by atoms with Gasteiger partial charge in [0.15, 0.2) is 0 Å². The first-order valence-corrected chi connectivity index (χ1v) is 9.74. The van der Waals surface area contributed by atoms with Gasteiger partial charge in [-0.2, -0.15) is 0 Å². The minimum absolute atomic E-state index is 0.0342. The number of hydrogen-bond donors (Lipinski definition) is 1. The second-order valence-electron chi connectivity index (χ2n) is 6.30. The average Bonchev–Trinajstić information content (AvgIpc) is 2.62. The summed E-state index contributed by atoms with van der Waals surface area (Å²) < 4.78 is 0. The number of benzene rings is 2. The zero-order chi connectivity index (χ0) is 18.2. The molecule has 0 spiro atoms. The molecule has 2 aromatic carbocycles. The normalized spacial score (nSPS) is 13.4. The molecule has 0 atom stereocenters. The van der Waals surface area contributed by atoms with Crippen molar-refractivity contribution in [1.82, 2.24) is 10.2 Å². The molecule has 3 nitrogen and oxygen atoms in total. The molecule has 0 unspecified atom stereocenters. The molecule has 0 aliphatic carbocycles. The van der Waals surface area contributed by atoms with Gasteiger partial charge in [0.1, 0.15) is 0 Å². The van der Waals surface area contributed by atoms with Crippen molar-refractivity contribution in [3.05, 3.63) is 64.7 Å². The summed E-state index contributed by atoms with van der Waals surface area (Å²) in [5.74, 6) is 1.02. The van der Waals surface area contributed by atoms with Crippen LogP contribution in [0.2, 0.25) is 0 Å². The lowest BCUT2D eigenvalue weighted by Gasteiger charge is -2.25. The van der Waals surface area contributed by atoms with E-state index in [0.717, 1.165) is 12.3 Å². The number of carbonyl (C=O) groups is 1. The molecule has 0 radical (unpaired) electrons. The van der Waals surface area contributed by atoms with Gasteiger partial charge >= 0.3 is 0 Å². The summed E-state index contributed by atoms with van der Waals surface area (Å²) in [4.78, 5) is 14.7. The Labute approximate surface area is 155 Å². The van der Waals surface area contributed by atoms with Crippen LogP contribution in [0.1, 0.15) is 34.0 Å². The lowest BCUT2D eigenvalue weighted by atomic mass is 9.98. The van der Waals surface area contributed by atoms with Crippen molar-refractivity contribution in [1.29, 1.82) is 0 Å². The topological polar surface area (TPSA) is 32.3 Å². The SMILES string of the molecule is CCSc1ccc(C(=O)NC)cc1.Cc1ccc2c(c1)CN(C)CC2. The average molecular weight is 357 g/mol. The van der Waals surface area contributed by atoms with Crippen molar-refractivity contribution in [2.45, 2.75) is 31.7 Å². The fourth-order valence-corrected chi connectivity index (χ4v) is 3.50. The van der Waals surface area contributed by atoms with E-state index in [0.29, 0.717) is 5.56 Å². The van der Waals surface area contributed by atoms with Gasteiger partial charge in [-0.1, -0.05) is 30.7 Å². The molecular formula is C21H28N2OS. The first-order chi connectivity index (χ1) is 12.0. The quantitative estimate of drug-likeness (QED) is 0.839. The van der Waals surface area contributed by atoms with Crippen LogP contribution in [0.3, 0.4) is 0 Å². The molecule has 1 N–H and O–H groups in total. The maximum absolute atomic E-state index is 11.2. The van der Waals surface area contributed by atoms with Crippen LogP contribution in [0.25, 0.3) is 0 Å². The number of nitrogens with zero attached hydrogens (tertiary/aromatic N) is 1. The first kappa shape index (κ1) is 19.5. The number of hydrogen-bond acceptors (Lipinski definition) is 3. The van der Waals surface area contributed by atoms with E-state index in [1.807, 2.05) is 24.3 Å². The van der Waals surface area contributed by atoms with Gasteiger partial charge in [-0.05, 0) is 61.5 Å². The summed E-state index contributed by atoms with van der Waals surface area (Å²) in [5, 5.41) is 2.59. The van der Waals surface area contributed by atoms with E-state index < -0.39 is 0 Å². The second kappa shape index (κ2) is 9.64. The van der Waals surface area contributed by atoms with Crippen molar-refractivity contribution in [2.75, 3.05) is 26.4 Å². The molecule has 1 aliphatic rings. The van der Waals surface area contributed by atoms with Gasteiger partial charge in [0.2, 0.25) is 0 Å². The Morgan fingerprint density at radius 2 is 1.88 bits per heavy atom. The molecule has 0 aromatic heterocycles. The molecule has 1 amide bonds. The molecule has 2 aromatic rings. The van der Waals surface area contributed by atoms with Crippen LogP contribution in [0.4, 0.5) is 0 Å². The molecule has 0 bridgehead atoms. The Morgan fingerprint density at radius 3 is 2.52 bits per heavy atom. The molecule has 1 aliphatic heterocycles. The number of likely N-dealkylation sites (N-methyl/N-ethyl adjacent to an activating group) is 1. The van der Waals surface area contributed by atoms with E-state index in [-0.39, 0.29) is 5.91 Å². The number of thioether (sulfide) groups is 1. The summed E-state index contributed by atoms with van der Waals surface area (Å²) in [7, 11) is 3.82. The second-order valence-corrected chi connectivity index (χ2v) is 7.63. The summed E-state index contributed by atoms with van der Waals surface area (Å²) in [6, 6.07) is 14.4. The Balaban J connectivity index is 0.000000181. The van der Waals surface area contributed by atoms with Crippen LogP contribution < -0.4 is 5.32 Å². The number of rotatable bonds is 3. The molecule has 0 saturated heterocycles. The zero-order valence-corrected chi connectivity index (χ0v) is 16.5. The van der Waals surface area contributed by atoms with Crippen LogP contribution in [-0.4, -0.2) is 37.2 Å². The number of amides is 1. The Bertz CT molecular complexity index is 698. The minimum atomic E-state index is -0.0342. The lowest BCUT2D eigenvalue weighted by molar-refractivity contribution is 0.0963. The third-order valence-corrected chi connectivity index (χ3v) is 5.11. The van der Waals surface area contributed by atoms with E-state index in [2.05, 4.69) is 49.3 Å². The highest BCUT2D eigenvalue weighted by atomic mass is 32.2. The third kappa shape index (κ3) is 5.91. The number of carbonyl (C=O) groups excluding carboxylic acids is 1. The third-order valence-electron chi connectivity index (χ3n) is 4.22. The highest BCUT2D eigenvalue weighted by molar-refractivity contribution is 7.99. The molecule has 0 saturated carbocycles. The molecule has 3 rings (SSSR count). The molecule has 25 heavy (non-hydrogen) atoms. The predicted molar refractivity (Wildman–Crippen MR) is 107 cm³/mol. The van der Waals surface area contributed by atoms with Crippen LogP contribution in [0, 0.1) is 6.92 Å². The van der Waals surface area contributed by atoms with Gasteiger partial charge in [0.05, 0.1) is 0 Å². The lowest BCUT2D eigenvalue weighted by Crippen LogP contribution is -2.26. The van der Waals surface area contributed by atoms with Gasteiger partial charge < -0.3 is 10.2 Å². The number of aryl methyl sites for hydroxylation is 1. The molecular weight excluding hydrogens is 328 g/mol. The number of fused-ring (bicyclic) bond motifs is 1. The van der Waals surface area contributed by atoms with Crippen molar-refractivity contribution in [3.8, 4) is 0 Å². The van der Waals surface area contributed by atoms with Crippen molar-refractivity contribution < 1.29 is 4.79 Å². The molecule has 0 fully saturated rings. The maximum Gasteiger partial charge on any atom is 0.251 e. The Hall–Kier alpha value is -1.78. The van der Waals surface area contributed by atoms with E-state index in [9.17, 15) is 4.79 Å². The highest BCUT2D eigenvalue weighted by Gasteiger charge is 2.11. The Kier molecular flexibility index (Phi) is 7.53. The Morgan fingerprint density at radius 1 is 1.16 bits per heavy atom. The van der Waals surface area contributed by atoms with Gasteiger partial charge in [0.25, 0.3) is 5.91 Å². The molecule has 134 valence electrons. The standard InChI is InChI=1S/C11H15N.C10H13NOS/c1-9-3-4-10-5-6-12(2)8-11(10)7-9;1-3-13-9-6-4-8(5-7-9)10(12)11-2/h3-4,7H,5-6,8H2,1-2H3;4-7H,3H2,1-2H3,(H,11,12).